The van der Waals surface area contributed by atoms with Gasteiger partial charge in [0.1, 0.15) is 0 Å². The van der Waals surface area contributed by atoms with Crippen LogP contribution in [0.2, 0.25) is 0 Å². The molecule has 4 unspecified atom stereocenters. The van der Waals surface area contributed by atoms with Crippen LogP contribution in [0, 0.1) is 0 Å². The molecule has 0 aliphatic carbocycles. The number of hydrogen-bond acceptors (Lipinski definition) is 8. The summed E-state index contributed by atoms with van der Waals surface area (Å²) >= 11 is -2.08. The molecule has 0 amide bonds. The van der Waals surface area contributed by atoms with Crippen molar-refractivity contribution in [2.75, 3.05) is 12.3 Å². The first kappa shape index (κ1) is 18.5. The second-order valence-corrected chi connectivity index (χ2v) is 13.3. The number of fused-ring (bicyclic) bond motifs is 1. The number of hydrogen-bond donors (Lipinski definition) is 4. The van der Waals surface area contributed by atoms with Crippen molar-refractivity contribution in [1.82, 2.24) is 16.9 Å². The van der Waals surface area contributed by atoms with Crippen LogP contribution in [0.15, 0.2) is 41.5 Å². The molecule has 3 heterocycles. The molecule has 1 aliphatic rings. The van der Waals surface area contributed by atoms with Crippen molar-refractivity contribution >= 4 is 20.2 Å². The van der Waals surface area contributed by atoms with Gasteiger partial charge in [-0.25, -0.2) is 0 Å². The molecule has 11 heteroatoms. The van der Waals surface area contributed by atoms with Crippen LogP contribution in [0.3, 0.4) is 0 Å². The Labute approximate surface area is 165 Å². The van der Waals surface area contributed by atoms with Crippen LogP contribution >= 0.6 is 0 Å². The van der Waals surface area contributed by atoms with Crippen molar-refractivity contribution < 1.29 is 44.9 Å². The van der Waals surface area contributed by atoms with E-state index in [2.05, 4.69) is 9.97 Å². The number of rotatable bonds is 4. The van der Waals surface area contributed by atoms with E-state index in [1.807, 2.05) is 30.3 Å². The van der Waals surface area contributed by atoms with E-state index in [1.54, 1.807) is 0 Å². The molecule has 3 aromatic rings. The van der Waals surface area contributed by atoms with Crippen LogP contribution in [0.4, 0.5) is 5.95 Å². The van der Waals surface area contributed by atoms with E-state index in [0.29, 0.717) is 0 Å². The fourth-order valence-electron chi connectivity index (χ4n) is 3.23. The Morgan fingerprint density at radius 3 is 2.63 bits per heavy atom. The van der Waals surface area contributed by atoms with Gasteiger partial charge in [0, 0.05) is 0 Å². The third kappa shape index (κ3) is 3.17. The zero-order valence-electron chi connectivity index (χ0n) is 14.2. The summed E-state index contributed by atoms with van der Waals surface area (Å²) in [6, 6.07) is 9.68. The van der Waals surface area contributed by atoms with Gasteiger partial charge >= 0.3 is 166 Å². The SMILES string of the molecule is Nc1nc2c(ncn2C2OC(CO)C(O)C2O)c(=O)[n]1[Hg][c]1ccccc1. The van der Waals surface area contributed by atoms with Crippen molar-refractivity contribution in [3.05, 3.63) is 47.0 Å². The first-order chi connectivity index (χ1) is 13.0. The average Bonchev–Trinajstić information content (AvgIpc) is 3.21. The Morgan fingerprint density at radius 2 is 1.96 bits per heavy atom. The number of benzene rings is 1. The van der Waals surface area contributed by atoms with Crippen LogP contribution < -0.4 is 14.4 Å². The molecule has 0 saturated carbocycles. The predicted molar refractivity (Wildman–Crippen MR) is 90.7 cm³/mol. The van der Waals surface area contributed by atoms with Crippen molar-refractivity contribution in [3.63, 3.8) is 0 Å². The molecule has 1 aromatic carbocycles. The number of aliphatic hydroxyl groups excluding tert-OH is 3. The molecular weight excluding hydrogens is 543 g/mol. The number of nitrogens with zero attached hydrogens (tertiary/aromatic N) is 4. The van der Waals surface area contributed by atoms with Gasteiger partial charge in [0.15, 0.2) is 0 Å². The molecule has 138 valence electrons. The molecule has 4 atom stereocenters. The van der Waals surface area contributed by atoms with Gasteiger partial charge in [-0.2, -0.15) is 0 Å². The molecule has 5 N–H and O–H groups in total. The summed E-state index contributed by atoms with van der Waals surface area (Å²) in [7, 11) is 0. The van der Waals surface area contributed by atoms with Crippen LogP contribution in [0.5, 0.6) is 0 Å². The Balaban J connectivity index is 1.76. The first-order valence-electron chi connectivity index (χ1n) is 8.40. The number of nitrogens with two attached hydrogens (primary N) is 1. The summed E-state index contributed by atoms with van der Waals surface area (Å²) < 4.78 is 9.49. The summed E-state index contributed by atoms with van der Waals surface area (Å²) in [5.41, 5.74) is 6.02. The Bertz CT molecular complexity index is 1020. The van der Waals surface area contributed by atoms with Gasteiger partial charge in [-0.15, -0.1) is 0 Å². The molecule has 10 nitrogen and oxygen atoms in total. The standard InChI is InChI=1S/C10H13N5O5.C6H5.Hg/c11-10-13-7-4(8(19)14-10)12-2-15(7)9-6(18)5(17)3(1-16)20-9;1-2-4-6-5-3-1;/h2-3,5-6,9,16-18H,1H2,(H3,11,13,14,19);1-5H;/q;;+1/p-1. The topological polar surface area (TPSA) is 149 Å². The first-order valence-corrected chi connectivity index (χ1v) is 13.6. The maximum absolute atomic E-state index is 12.9. The number of nitrogen functional groups attached to an aromatic ring is 1. The Kier molecular flexibility index (Phi) is 4.99. The summed E-state index contributed by atoms with van der Waals surface area (Å²) in [5.74, 6) is 0.0894. The number of aliphatic hydroxyl groups is 3. The monoisotopic (exact) mass is 561 g/mol. The van der Waals surface area contributed by atoms with Gasteiger partial charge < -0.3 is 0 Å². The number of aromatic nitrogens is 4. The van der Waals surface area contributed by atoms with Gasteiger partial charge in [-0.05, 0) is 0 Å². The second-order valence-electron chi connectivity index (χ2n) is 6.40. The molecule has 1 fully saturated rings. The zero-order chi connectivity index (χ0) is 19.1. The number of ether oxygens (including phenoxy) is 1. The van der Waals surface area contributed by atoms with Crippen LogP contribution in [0.25, 0.3) is 11.2 Å². The minimum atomic E-state index is -2.08. The second kappa shape index (κ2) is 7.28. The fraction of sp³-hybridized carbons (Fsp3) is 0.312. The van der Waals surface area contributed by atoms with Crippen molar-refractivity contribution in [1.29, 1.82) is 0 Å². The van der Waals surface area contributed by atoms with Crippen LogP contribution in [0.1, 0.15) is 6.23 Å². The Hall–Kier alpha value is -1.85. The van der Waals surface area contributed by atoms with E-state index >= 15 is 0 Å². The molecule has 0 bridgehead atoms. The van der Waals surface area contributed by atoms with Gasteiger partial charge in [0.25, 0.3) is 0 Å². The van der Waals surface area contributed by atoms with Gasteiger partial charge in [0.05, 0.1) is 0 Å². The van der Waals surface area contributed by atoms with E-state index in [-0.39, 0.29) is 22.7 Å². The molecule has 0 radical (unpaired) electrons. The number of anilines is 1. The molecule has 1 saturated heterocycles. The predicted octanol–water partition coefficient (Wildman–Crippen LogP) is -2.04. The van der Waals surface area contributed by atoms with Gasteiger partial charge in [-0.3, -0.25) is 0 Å². The molecule has 0 spiro atoms. The van der Waals surface area contributed by atoms with Crippen LogP contribution in [-0.2, 0) is 29.6 Å². The average molecular weight is 560 g/mol. The minimum absolute atomic E-state index is 0.0894. The number of imidazole rings is 1. The molecular formula is C16H17HgN5O5. The maximum atomic E-state index is 12.9. The van der Waals surface area contributed by atoms with Gasteiger partial charge in [0.2, 0.25) is 0 Å². The van der Waals surface area contributed by atoms with E-state index in [1.165, 1.54) is 13.2 Å². The third-order valence-corrected chi connectivity index (χ3v) is 11.5. The van der Waals surface area contributed by atoms with Gasteiger partial charge in [-0.1, -0.05) is 0 Å². The zero-order valence-corrected chi connectivity index (χ0v) is 19.7. The molecule has 2 aromatic heterocycles. The van der Waals surface area contributed by atoms with E-state index < -0.39 is 56.0 Å². The van der Waals surface area contributed by atoms with E-state index in [4.69, 9.17) is 10.5 Å². The summed E-state index contributed by atoms with van der Waals surface area (Å²) in [5, 5.41) is 29.4. The fourth-order valence-corrected chi connectivity index (χ4v) is 8.57. The quantitative estimate of drug-likeness (QED) is 0.267. The van der Waals surface area contributed by atoms with E-state index in [0.717, 1.165) is 3.07 Å². The van der Waals surface area contributed by atoms with E-state index in [9.17, 15) is 20.1 Å². The normalized spacial score (nSPS) is 25.0. The van der Waals surface area contributed by atoms with Crippen molar-refractivity contribution in [2.45, 2.75) is 24.5 Å². The molecule has 4 rings (SSSR count). The Morgan fingerprint density at radius 1 is 1.22 bits per heavy atom. The summed E-state index contributed by atoms with van der Waals surface area (Å²) in [6.45, 7) is -0.449. The summed E-state index contributed by atoms with van der Waals surface area (Å²) in [6.07, 6.45) is -3.19. The third-order valence-electron chi connectivity index (χ3n) is 4.69. The van der Waals surface area contributed by atoms with Crippen molar-refractivity contribution in [3.8, 4) is 0 Å². The van der Waals surface area contributed by atoms with Crippen LogP contribution in [-0.4, -0.2) is 57.1 Å². The summed E-state index contributed by atoms with van der Waals surface area (Å²) in [4.78, 5) is 21.3. The van der Waals surface area contributed by atoms with Crippen molar-refractivity contribution in [2.24, 2.45) is 0 Å². The molecule has 1 aliphatic heterocycles. The molecule has 27 heavy (non-hydrogen) atoms.